The first-order valence-corrected chi connectivity index (χ1v) is 19.1. The first-order valence-electron chi connectivity index (χ1n) is 17.6. The summed E-state index contributed by atoms with van der Waals surface area (Å²) in [6.45, 7) is 3.96. The van der Waals surface area contributed by atoms with E-state index >= 15 is 0 Å². The molecule has 0 fully saturated rings. The zero-order valence-corrected chi connectivity index (χ0v) is 29.0. The number of hydrogen-bond donors (Lipinski definition) is 4. The third-order valence-electron chi connectivity index (χ3n) is 7.46. The van der Waals surface area contributed by atoms with Crippen LogP contribution in [0.1, 0.15) is 149 Å². The molecule has 0 aromatic carbocycles. The van der Waals surface area contributed by atoms with Crippen LogP contribution in [-0.4, -0.2) is 47.8 Å². The second-order valence-electron chi connectivity index (χ2n) is 11.7. The van der Waals surface area contributed by atoms with Crippen molar-refractivity contribution in [3.8, 4) is 0 Å². The Balaban J connectivity index is 4.35. The minimum absolute atomic E-state index is 0.0720. The van der Waals surface area contributed by atoms with Gasteiger partial charge in [-0.15, -0.1) is 0 Å². The molecule has 0 aliphatic carbocycles. The average Bonchev–Trinajstić information content (AvgIpc) is 3.01. The van der Waals surface area contributed by atoms with Gasteiger partial charge in [-0.25, -0.2) is 4.57 Å². The Morgan fingerprint density at radius 2 is 1.23 bits per heavy atom. The largest absolute Gasteiger partial charge is 0.472 e. The highest BCUT2D eigenvalue weighted by atomic mass is 31.2. The van der Waals surface area contributed by atoms with Crippen LogP contribution in [0.25, 0.3) is 0 Å². The normalized spacial score (nSPS) is 14.9. The van der Waals surface area contributed by atoms with Gasteiger partial charge < -0.3 is 21.1 Å². The summed E-state index contributed by atoms with van der Waals surface area (Å²) in [5, 5.41) is 13.5. The fraction of sp³-hybridized carbons (Fsp3) is 0.800. The van der Waals surface area contributed by atoms with Crippen LogP contribution in [0.15, 0.2) is 36.5 Å². The Morgan fingerprint density at radius 1 is 0.750 bits per heavy atom. The summed E-state index contributed by atoms with van der Waals surface area (Å²) in [5.74, 6) is -0.212. The van der Waals surface area contributed by atoms with E-state index in [9.17, 15) is 19.4 Å². The van der Waals surface area contributed by atoms with E-state index in [0.29, 0.717) is 6.42 Å². The number of aliphatic hydroxyl groups is 1. The number of unbranched alkanes of at least 4 members (excludes halogenated alkanes) is 16. The third-order valence-corrected chi connectivity index (χ3v) is 8.44. The predicted octanol–water partition coefficient (Wildman–Crippen LogP) is 8.82. The van der Waals surface area contributed by atoms with Crippen molar-refractivity contribution in [1.82, 2.24) is 5.32 Å². The molecule has 0 heterocycles. The number of nitrogens with one attached hydrogen (secondary N) is 1. The molecule has 3 atom stereocenters. The standard InChI is InChI=1S/C35H67N2O6P/c1-3-5-7-9-11-13-15-16-17-18-19-21-23-25-27-29-35(39)37-33(32-43-44(40,41)42-31-30-36)34(38)28-26-24-22-20-14-12-10-8-6-4-2/h6,8,14,20,26,28,33-34,38H,3-5,7,9-13,15-19,21-25,27,29-32,36H2,1-2H3,(H,37,39)(H,40,41)/b8-6+,20-14+,28-26+. The second-order valence-corrected chi connectivity index (χ2v) is 13.1. The van der Waals surface area contributed by atoms with Crippen LogP contribution >= 0.6 is 7.82 Å². The number of allylic oxidation sites excluding steroid dienone is 5. The maximum Gasteiger partial charge on any atom is 0.472 e. The number of aliphatic hydroxyl groups excluding tert-OH is 1. The third kappa shape index (κ3) is 29.4. The summed E-state index contributed by atoms with van der Waals surface area (Å²) in [7, 11) is -4.33. The molecule has 1 amide bonds. The molecule has 0 aliphatic heterocycles. The van der Waals surface area contributed by atoms with Crippen LogP contribution in [0.2, 0.25) is 0 Å². The van der Waals surface area contributed by atoms with Gasteiger partial charge in [0.05, 0.1) is 25.4 Å². The van der Waals surface area contributed by atoms with E-state index in [-0.39, 0.29) is 25.7 Å². The highest BCUT2D eigenvalue weighted by Crippen LogP contribution is 2.43. The molecule has 0 saturated carbocycles. The Kier molecular flexibility index (Phi) is 30.8. The van der Waals surface area contributed by atoms with Crippen LogP contribution in [0, 0.1) is 0 Å². The van der Waals surface area contributed by atoms with Gasteiger partial charge in [-0.3, -0.25) is 13.8 Å². The molecule has 8 nitrogen and oxygen atoms in total. The zero-order valence-electron chi connectivity index (χ0n) is 28.1. The Morgan fingerprint density at radius 3 is 1.73 bits per heavy atom. The first kappa shape index (κ1) is 42.7. The van der Waals surface area contributed by atoms with E-state index in [1.54, 1.807) is 6.08 Å². The first-order chi connectivity index (χ1) is 21.4. The molecule has 0 aromatic rings. The SMILES string of the molecule is CC/C=C/CC/C=C/CC/C=C/C(O)C(COP(=O)(O)OCCN)NC(=O)CCCCCCCCCCCCCCCCC. The van der Waals surface area contributed by atoms with Crippen molar-refractivity contribution in [2.75, 3.05) is 19.8 Å². The Hall–Kier alpha value is -1.28. The van der Waals surface area contributed by atoms with E-state index < -0.39 is 20.0 Å². The molecular formula is C35H67N2O6P. The fourth-order valence-electron chi connectivity index (χ4n) is 4.82. The molecule has 0 bridgehead atoms. The number of phosphoric ester groups is 1. The molecule has 0 aromatic heterocycles. The molecule has 0 radical (unpaired) electrons. The van der Waals surface area contributed by atoms with Gasteiger partial charge in [0, 0.05) is 13.0 Å². The van der Waals surface area contributed by atoms with E-state index in [0.717, 1.165) is 51.4 Å². The highest BCUT2D eigenvalue weighted by molar-refractivity contribution is 7.47. The molecule has 0 saturated heterocycles. The van der Waals surface area contributed by atoms with Gasteiger partial charge in [0.25, 0.3) is 0 Å². The van der Waals surface area contributed by atoms with E-state index in [4.69, 9.17) is 14.8 Å². The van der Waals surface area contributed by atoms with Crippen molar-refractivity contribution in [3.05, 3.63) is 36.5 Å². The molecule has 5 N–H and O–H groups in total. The van der Waals surface area contributed by atoms with E-state index in [1.807, 2.05) is 6.08 Å². The maximum atomic E-state index is 12.6. The Bertz CT molecular complexity index is 789. The van der Waals surface area contributed by atoms with Crippen molar-refractivity contribution in [2.45, 2.75) is 161 Å². The van der Waals surface area contributed by atoms with Gasteiger partial charge in [-0.1, -0.05) is 140 Å². The van der Waals surface area contributed by atoms with Crippen LogP contribution in [0.3, 0.4) is 0 Å². The number of nitrogens with two attached hydrogens (primary N) is 1. The molecule has 3 unspecified atom stereocenters. The van der Waals surface area contributed by atoms with Gasteiger partial charge >= 0.3 is 7.82 Å². The van der Waals surface area contributed by atoms with Gasteiger partial charge in [0.2, 0.25) is 5.91 Å². The molecule has 258 valence electrons. The number of phosphoric acid groups is 1. The van der Waals surface area contributed by atoms with E-state index in [2.05, 4.69) is 43.5 Å². The fourth-order valence-corrected chi connectivity index (χ4v) is 5.58. The van der Waals surface area contributed by atoms with Gasteiger partial charge in [-0.05, 0) is 38.5 Å². The topological polar surface area (TPSA) is 131 Å². The quantitative estimate of drug-likeness (QED) is 0.0328. The highest BCUT2D eigenvalue weighted by Gasteiger charge is 2.26. The van der Waals surface area contributed by atoms with Crippen LogP contribution < -0.4 is 11.1 Å². The average molecular weight is 643 g/mol. The Labute approximate surface area is 269 Å². The van der Waals surface area contributed by atoms with Crippen molar-refractivity contribution in [3.63, 3.8) is 0 Å². The summed E-state index contributed by atoms with van der Waals surface area (Å²) in [6, 6.07) is -0.877. The molecule has 44 heavy (non-hydrogen) atoms. The van der Waals surface area contributed by atoms with Crippen LogP contribution in [-0.2, 0) is 18.4 Å². The monoisotopic (exact) mass is 642 g/mol. The van der Waals surface area contributed by atoms with Crippen molar-refractivity contribution in [1.29, 1.82) is 0 Å². The second kappa shape index (κ2) is 31.7. The smallest absolute Gasteiger partial charge is 0.387 e. The zero-order chi connectivity index (χ0) is 32.6. The molecule has 0 rings (SSSR count). The van der Waals surface area contributed by atoms with Gasteiger partial charge in [0.1, 0.15) is 0 Å². The van der Waals surface area contributed by atoms with Crippen molar-refractivity contribution in [2.24, 2.45) is 5.73 Å². The number of rotatable bonds is 32. The lowest BCUT2D eigenvalue weighted by molar-refractivity contribution is -0.123. The number of hydrogen-bond acceptors (Lipinski definition) is 6. The minimum Gasteiger partial charge on any atom is -0.387 e. The lowest BCUT2D eigenvalue weighted by Crippen LogP contribution is -2.45. The number of carbonyl (C=O) groups is 1. The lowest BCUT2D eigenvalue weighted by atomic mass is 10.0. The summed E-state index contributed by atoms with van der Waals surface area (Å²) >= 11 is 0. The van der Waals surface area contributed by atoms with Crippen LogP contribution in [0.5, 0.6) is 0 Å². The number of amides is 1. The van der Waals surface area contributed by atoms with E-state index in [1.165, 1.54) is 77.0 Å². The number of carbonyl (C=O) groups excluding carboxylic acids is 1. The summed E-state index contributed by atoms with van der Waals surface area (Å²) in [6.07, 6.45) is 34.8. The predicted molar refractivity (Wildman–Crippen MR) is 184 cm³/mol. The molecule has 0 aliphatic rings. The van der Waals surface area contributed by atoms with Gasteiger partial charge in [-0.2, -0.15) is 0 Å². The van der Waals surface area contributed by atoms with Crippen molar-refractivity contribution < 1.29 is 28.4 Å². The maximum absolute atomic E-state index is 12.6. The lowest BCUT2D eigenvalue weighted by Gasteiger charge is -2.23. The summed E-state index contributed by atoms with van der Waals surface area (Å²) < 4.78 is 21.9. The minimum atomic E-state index is -4.33. The van der Waals surface area contributed by atoms with Crippen LogP contribution in [0.4, 0.5) is 0 Å². The summed E-state index contributed by atoms with van der Waals surface area (Å²) in [5.41, 5.74) is 5.33. The summed E-state index contributed by atoms with van der Waals surface area (Å²) in [4.78, 5) is 22.5. The van der Waals surface area contributed by atoms with Gasteiger partial charge in [0.15, 0.2) is 0 Å². The molecular weight excluding hydrogens is 575 g/mol. The molecule has 9 heteroatoms. The molecule has 0 spiro atoms. The van der Waals surface area contributed by atoms with Crippen molar-refractivity contribution >= 4 is 13.7 Å².